The highest BCUT2D eigenvalue weighted by molar-refractivity contribution is 5.99. The Labute approximate surface area is 125 Å². The first-order valence-electron chi connectivity index (χ1n) is 7.44. The van der Waals surface area contributed by atoms with Crippen molar-refractivity contribution in [3.63, 3.8) is 0 Å². The summed E-state index contributed by atoms with van der Waals surface area (Å²) >= 11 is 0. The zero-order valence-electron chi connectivity index (χ0n) is 12.9. The van der Waals surface area contributed by atoms with Crippen LogP contribution in [0.1, 0.15) is 26.7 Å². The predicted molar refractivity (Wildman–Crippen MR) is 83.9 cm³/mol. The average Bonchev–Trinajstić information content (AvgIpc) is 2.73. The third kappa shape index (κ3) is 2.35. The molecule has 5 nitrogen and oxygen atoms in total. The van der Waals surface area contributed by atoms with Crippen molar-refractivity contribution in [3.8, 4) is 5.75 Å². The summed E-state index contributed by atoms with van der Waals surface area (Å²) in [7, 11) is 1.68. The molecule has 0 radical (unpaired) electrons. The summed E-state index contributed by atoms with van der Waals surface area (Å²) in [5.74, 6) is 1.39. The number of hydrogen-bond donors (Lipinski definition) is 1. The van der Waals surface area contributed by atoms with Gasteiger partial charge >= 0.3 is 0 Å². The number of hydrogen-bond acceptors (Lipinski definition) is 5. The van der Waals surface area contributed by atoms with E-state index in [1.165, 1.54) is 0 Å². The van der Waals surface area contributed by atoms with Crippen LogP contribution in [-0.2, 0) is 4.74 Å². The van der Waals surface area contributed by atoms with Gasteiger partial charge in [0.15, 0.2) is 5.96 Å². The van der Waals surface area contributed by atoms with Gasteiger partial charge in [-0.1, -0.05) is 12.1 Å². The molecule has 2 N–H and O–H groups in total. The molecule has 5 heteroatoms. The van der Waals surface area contributed by atoms with Crippen molar-refractivity contribution in [2.24, 2.45) is 10.7 Å². The molecule has 0 aromatic heterocycles. The zero-order valence-corrected chi connectivity index (χ0v) is 12.9. The van der Waals surface area contributed by atoms with E-state index in [9.17, 15) is 0 Å². The second-order valence-electron chi connectivity index (χ2n) is 6.07. The maximum atomic E-state index is 6.21. The number of ether oxygens (including phenoxy) is 2. The van der Waals surface area contributed by atoms with Crippen molar-refractivity contribution in [1.29, 1.82) is 0 Å². The second-order valence-corrected chi connectivity index (χ2v) is 6.07. The van der Waals surface area contributed by atoms with E-state index in [0.717, 1.165) is 30.8 Å². The van der Waals surface area contributed by atoms with E-state index < -0.39 is 0 Å². The van der Waals surface area contributed by atoms with E-state index >= 15 is 0 Å². The standard InChI is InChI=1S/C16H23N3O2/c1-11-8-16(9-12(2)21-11)10-18-15(17)19(16)13-6-4-5-7-14(13)20-3/h4-7,11-12H,8-10H2,1-3H3,(H2,17,18). The largest absolute Gasteiger partial charge is 0.495 e. The third-order valence-electron chi connectivity index (χ3n) is 4.36. The van der Waals surface area contributed by atoms with Crippen LogP contribution >= 0.6 is 0 Å². The highest BCUT2D eigenvalue weighted by Crippen LogP contribution is 2.42. The average molecular weight is 289 g/mol. The van der Waals surface area contributed by atoms with Crippen LogP contribution in [-0.4, -0.2) is 37.4 Å². The van der Waals surface area contributed by atoms with Crippen LogP contribution in [0.15, 0.2) is 29.3 Å². The molecule has 2 aliphatic rings. The summed E-state index contributed by atoms with van der Waals surface area (Å²) in [5, 5.41) is 0. The molecule has 0 bridgehead atoms. The molecular formula is C16H23N3O2. The number of aliphatic imine (C=N–C) groups is 1. The van der Waals surface area contributed by atoms with Crippen molar-refractivity contribution >= 4 is 11.6 Å². The molecule has 114 valence electrons. The molecule has 2 atom stereocenters. The van der Waals surface area contributed by atoms with Crippen LogP contribution in [0.5, 0.6) is 5.75 Å². The molecule has 2 unspecified atom stereocenters. The van der Waals surface area contributed by atoms with Gasteiger partial charge in [0.25, 0.3) is 0 Å². The van der Waals surface area contributed by atoms with Gasteiger partial charge in [-0.15, -0.1) is 0 Å². The van der Waals surface area contributed by atoms with Crippen LogP contribution in [0, 0.1) is 0 Å². The first-order valence-corrected chi connectivity index (χ1v) is 7.44. The van der Waals surface area contributed by atoms with E-state index in [4.69, 9.17) is 15.2 Å². The molecule has 1 aromatic carbocycles. The predicted octanol–water partition coefficient (Wildman–Crippen LogP) is 2.16. The number of para-hydroxylation sites is 2. The molecule has 1 saturated heterocycles. The molecule has 0 aliphatic carbocycles. The Balaban J connectivity index is 2.03. The van der Waals surface area contributed by atoms with Crippen LogP contribution in [0.25, 0.3) is 0 Å². The highest BCUT2D eigenvalue weighted by atomic mass is 16.5. The van der Waals surface area contributed by atoms with E-state index in [0.29, 0.717) is 5.96 Å². The fourth-order valence-electron chi connectivity index (χ4n) is 3.76. The van der Waals surface area contributed by atoms with Gasteiger partial charge in [-0.25, -0.2) is 0 Å². The van der Waals surface area contributed by atoms with Crippen LogP contribution in [0.4, 0.5) is 5.69 Å². The number of guanidine groups is 1. The number of anilines is 1. The Morgan fingerprint density at radius 1 is 1.29 bits per heavy atom. The van der Waals surface area contributed by atoms with Crippen molar-refractivity contribution < 1.29 is 9.47 Å². The minimum Gasteiger partial charge on any atom is -0.495 e. The molecule has 21 heavy (non-hydrogen) atoms. The van der Waals surface area contributed by atoms with Crippen molar-refractivity contribution in [2.45, 2.75) is 44.4 Å². The minimum atomic E-state index is -0.101. The van der Waals surface area contributed by atoms with Crippen molar-refractivity contribution in [2.75, 3.05) is 18.6 Å². The number of rotatable bonds is 2. The fourth-order valence-corrected chi connectivity index (χ4v) is 3.76. The van der Waals surface area contributed by atoms with Crippen molar-refractivity contribution in [3.05, 3.63) is 24.3 Å². The highest BCUT2D eigenvalue weighted by Gasteiger charge is 2.48. The third-order valence-corrected chi connectivity index (χ3v) is 4.36. The van der Waals surface area contributed by atoms with Crippen LogP contribution in [0.3, 0.4) is 0 Å². The number of nitrogens with zero attached hydrogens (tertiary/aromatic N) is 2. The van der Waals surface area contributed by atoms with Gasteiger partial charge < -0.3 is 20.1 Å². The summed E-state index contributed by atoms with van der Waals surface area (Å²) in [4.78, 5) is 6.68. The summed E-state index contributed by atoms with van der Waals surface area (Å²) in [6.07, 6.45) is 2.23. The number of nitrogens with two attached hydrogens (primary N) is 1. The van der Waals surface area contributed by atoms with E-state index in [-0.39, 0.29) is 17.7 Å². The lowest BCUT2D eigenvalue weighted by Crippen LogP contribution is -2.57. The van der Waals surface area contributed by atoms with E-state index in [2.05, 4.69) is 23.7 Å². The lowest BCUT2D eigenvalue weighted by Gasteiger charge is -2.46. The number of benzene rings is 1. The molecule has 1 spiro atoms. The Morgan fingerprint density at radius 2 is 1.95 bits per heavy atom. The Morgan fingerprint density at radius 3 is 2.62 bits per heavy atom. The fraction of sp³-hybridized carbons (Fsp3) is 0.562. The first kappa shape index (κ1) is 14.2. The molecule has 2 heterocycles. The van der Waals surface area contributed by atoms with Crippen LogP contribution < -0.4 is 15.4 Å². The van der Waals surface area contributed by atoms with Gasteiger partial charge in [-0.2, -0.15) is 0 Å². The minimum absolute atomic E-state index is 0.101. The van der Waals surface area contributed by atoms with Gasteiger partial charge in [-0.05, 0) is 38.8 Å². The zero-order chi connectivity index (χ0) is 15.0. The van der Waals surface area contributed by atoms with Gasteiger partial charge in [0.05, 0.1) is 37.1 Å². The van der Waals surface area contributed by atoms with E-state index in [1.54, 1.807) is 7.11 Å². The second kappa shape index (κ2) is 5.22. The maximum absolute atomic E-state index is 6.21. The topological polar surface area (TPSA) is 60.1 Å². The lowest BCUT2D eigenvalue weighted by atomic mass is 9.83. The summed E-state index contributed by atoms with van der Waals surface area (Å²) < 4.78 is 11.4. The lowest BCUT2D eigenvalue weighted by molar-refractivity contribution is -0.0560. The van der Waals surface area contributed by atoms with Crippen molar-refractivity contribution in [1.82, 2.24) is 0 Å². The van der Waals surface area contributed by atoms with Crippen LogP contribution in [0.2, 0.25) is 0 Å². The van der Waals surface area contributed by atoms with Gasteiger partial charge in [0.1, 0.15) is 5.75 Å². The molecule has 1 aromatic rings. The maximum Gasteiger partial charge on any atom is 0.196 e. The Bertz CT molecular complexity index is 548. The first-order chi connectivity index (χ1) is 10.1. The molecule has 3 rings (SSSR count). The summed E-state index contributed by atoms with van der Waals surface area (Å²) in [6.45, 7) is 4.95. The molecule has 2 aliphatic heterocycles. The molecule has 0 saturated carbocycles. The number of methoxy groups -OCH3 is 1. The van der Waals surface area contributed by atoms with Gasteiger partial charge in [0.2, 0.25) is 0 Å². The Kier molecular flexibility index (Phi) is 3.53. The quantitative estimate of drug-likeness (QED) is 0.906. The molecular weight excluding hydrogens is 266 g/mol. The van der Waals surface area contributed by atoms with E-state index in [1.807, 2.05) is 24.3 Å². The Hall–Kier alpha value is -1.75. The monoisotopic (exact) mass is 289 g/mol. The normalized spacial score (nSPS) is 32.3. The molecule has 0 amide bonds. The summed E-state index contributed by atoms with van der Waals surface area (Å²) in [6, 6.07) is 7.97. The van der Waals surface area contributed by atoms with Gasteiger partial charge in [0, 0.05) is 0 Å². The van der Waals surface area contributed by atoms with Gasteiger partial charge in [-0.3, -0.25) is 4.99 Å². The molecule has 1 fully saturated rings. The SMILES string of the molecule is COc1ccccc1N1C(N)=NCC12CC(C)OC(C)C2. The smallest absolute Gasteiger partial charge is 0.196 e. The summed E-state index contributed by atoms with van der Waals surface area (Å²) in [5.41, 5.74) is 7.10.